The van der Waals surface area contributed by atoms with E-state index in [4.69, 9.17) is 14.2 Å². The molecule has 10 heteroatoms. The van der Waals surface area contributed by atoms with Crippen LogP contribution in [0.1, 0.15) is 36.3 Å². The van der Waals surface area contributed by atoms with Crippen molar-refractivity contribution in [2.75, 3.05) is 39.5 Å². The molecule has 0 radical (unpaired) electrons. The normalized spacial score (nSPS) is 21.3. The lowest BCUT2D eigenvalue weighted by molar-refractivity contribution is -0.137. The molecule has 1 saturated heterocycles. The highest BCUT2D eigenvalue weighted by Crippen LogP contribution is 2.37. The lowest BCUT2D eigenvalue weighted by atomic mass is 9.85. The summed E-state index contributed by atoms with van der Waals surface area (Å²) in [5.74, 6) is 0.206. The number of hydrogen-bond donors (Lipinski definition) is 0. The zero-order chi connectivity index (χ0) is 23.4. The van der Waals surface area contributed by atoms with E-state index in [9.17, 15) is 18.0 Å². The molecule has 0 amide bonds. The van der Waals surface area contributed by atoms with Crippen molar-refractivity contribution in [1.29, 1.82) is 0 Å². The predicted octanol–water partition coefficient (Wildman–Crippen LogP) is 4.27. The zero-order valence-corrected chi connectivity index (χ0v) is 18.3. The van der Waals surface area contributed by atoms with Crippen molar-refractivity contribution in [2.24, 2.45) is 5.92 Å². The molecule has 0 spiro atoms. The van der Waals surface area contributed by atoms with Crippen LogP contribution in [0.15, 0.2) is 30.3 Å². The number of alkyl halides is 3. The molecule has 0 N–H and O–H groups in total. The van der Waals surface area contributed by atoms with Gasteiger partial charge in [-0.15, -0.1) is 0 Å². The number of aromatic nitrogens is 2. The van der Waals surface area contributed by atoms with Gasteiger partial charge in [0.05, 0.1) is 30.2 Å². The van der Waals surface area contributed by atoms with Gasteiger partial charge in [0.2, 0.25) is 0 Å². The number of hydrogen-bond acceptors (Lipinski definition) is 7. The maximum absolute atomic E-state index is 13.1. The molecule has 2 unspecified atom stereocenters. The van der Waals surface area contributed by atoms with Crippen molar-refractivity contribution in [1.82, 2.24) is 15.1 Å². The summed E-state index contributed by atoms with van der Waals surface area (Å²) in [4.78, 5) is 14.5. The van der Waals surface area contributed by atoms with Gasteiger partial charge in [0.15, 0.2) is 0 Å². The van der Waals surface area contributed by atoms with Crippen molar-refractivity contribution in [3.05, 3.63) is 47.2 Å². The molecule has 0 saturated carbocycles. The molecular weight excluding hydrogens is 439 g/mol. The van der Waals surface area contributed by atoms with Crippen LogP contribution >= 0.6 is 0 Å². The van der Waals surface area contributed by atoms with E-state index >= 15 is 0 Å². The van der Waals surface area contributed by atoms with Gasteiger partial charge < -0.3 is 14.2 Å². The Balaban J connectivity index is 1.46. The molecule has 2 aromatic rings. The molecule has 33 heavy (non-hydrogen) atoms. The van der Waals surface area contributed by atoms with E-state index < -0.39 is 24.0 Å². The van der Waals surface area contributed by atoms with Crippen LogP contribution in [0.25, 0.3) is 11.3 Å². The van der Waals surface area contributed by atoms with Crippen LogP contribution in [0, 0.1) is 5.92 Å². The summed E-state index contributed by atoms with van der Waals surface area (Å²) in [6, 6.07) is 6.59. The van der Waals surface area contributed by atoms with Crippen LogP contribution in [-0.2, 0) is 26.8 Å². The van der Waals surface area contributed by atoms with Gasteiger partial charge in [0.25, 0.3) is 0 Å². The Morgan fingerprint density at radius 2 is 2.00 bits per heavy atom. The van der Waals surface area contributed by atoms with Crippen molar-refractivity contribution >= 4 is 6.16 Å². The molecule has 4 rings (SSSR count). The summed E-state index contributed by atoms with van der Waals surface area (Å²) in [7, 11) is 0. The van der Waals surface area contributed by atoms with Gasteiger partial charge in [-0.25, -0.2) is 4.79 Å². The summed E-state index contributed by atoms with van der Waals surface area (Å²) in [6.45, 7) is 5.74. The number of fused-ring (bicyclic) bond motifs is 1. The van der Waals surface area contributed by atoms with Crippen LogP contribution in [0.3, 0.4) is 0 Å². The van der Waals surface area contributed by atoms with Crippen molar-refractivity contribution in [3.63, 3.8) is 0 Å². The monoisotopic (exact) mass is 465 g/mol. The first-order valence-electron chi connectivity index (χ1n) is 11.0. The second-order valence-electron chi connectivity index (χ2n) is 8.41. The Bertz CT molecular complexity index is 980. The average molecular weight is 465 g/mol. The number of carbonyl (C=O) groups is 1. The Kier molecular flexibility index (Phi) is 7.14. The summed E-state index contributed by atoms with van der Waals surface area (Å²) >= 11 is 0. The fraction of sp³-hybridized carbons (Fsp3) is 0.522. The summed E-state index contributed by atoms with van der Waals surface area (Å²) in [5.41, 5.74) is 1.16. The van der Waals surface area contributed by atoms with Crippen molar-refractivity contribution in [2.45, 2.75) is 32.0 Å². The second kappa shape index (κ2) is 10.0. The fourth-order valence-corrected chi connectivity index (χ4v) is 4.12. The Labute approximate surface area is 189 Å². The predicted molar refractivity (Wildman–Crippen MR) is 112 cm³/mol. The van der Waals surface area contributed by atoms with Crippen LogP contribution in [0.5, 0.6) is 0 Å². The van der Waals surface area contributed by atoms with Crippen molar-refractivity contribution < 1.29 is 32.2 Å². The molecule has 1 aromatic heterocycles. The molecule has 1 aromatic carbocycles. The third-order valence-corrected chi connectivity index (χ3v) is 5.86. The highest BCUT2D eigenvalue weighted by Gasteiger charge is 2.32. The van der Waals surface area contributed by atoms with Crippen LogP contribution in [-0.4, -0.2) is 60.7 Å². The number of carbonyl (C=O) groups excluding carboxylic acids is 1. The van der Waals surface area contributed by atoms with Gasteiger partial charge >= 0.3 is 12.3 Å². The molecular formula is C23H26F3N3O4. The van der Waals surface area contributed by atoms with Gasteiger partial charge in [-0.05, 0) is 37.0 Å². The Morgan fingerprint density at radius 3 is 2.76 bits per heavy atom. The second-order valence-corrected chi connectivity index (χ2v) is 8.41. The summed E-state index contributed by atoms with van der Waals surface area (Å²) in [6.07, 6.45) is -4.61. The number of rotatable bonds is 5. The van der Waals surface area contributed by atoms with Gasteiger partial charge in [0, 0.05) is 30.8 Å². The van der Waals surface area contributed by atoms with E-state index in [0.29, 0.717) is 55.1 Å². The van der Waals surface area contributed by atoms with Crippen LogP contribution in [0.4, 0.5) is 18.0 Å². The Hall–Kier alpha value is -2.72. The number of halogens is 3. The smallest absolute Gasteiger partial charge is 0.433 e. The van der Waals surface area contributed by atoms with E-state index in [1.165, 1.54) is 6.07 Å². The highest BCUT2D eigenvalue weighted by atomic mass is 19.4. The average Bonchev–Trinajstić information content (AvgIpc) is 2.79. The minimum atomic E-state index is -4.45. The Morgan fingerprint density at radius 1 is 1.21 bits per heavy atom. The minimum absolute atomic E-state index is 0.206. The SMILES string of the molecule is CC1Cc2nnc(-c3cccc(C(F)(F)F)c3)cc2C(OC(=O)OCCN2CCOCC2)C1. The number of ether oxygens (including phenoxy) is 3. The number of nitrogens with zero attached hydrogens (tertiary/aromatic N) is 3. The van der Waals surface area contributed by atoms with Gasteiger partial charge in [-0.1, -0.05) is 19.1 Å². The van der Waals surface area contributed by atoms with E-state index in [1.54, 1.807) is 12.1 Å². The zero-order valence-electron chi connectivity index (χ0n) is 18.3. The molecule has 0 bridgehead atoms. The van der Waals surface area contributed by atoms with E-state index in [2.05, 4.69) is 15.1 Å². The molecule has 1 aliphatic carbocycles. The largest absolute Gasteiger partial charge is 0.508 e. The molecule has 2 heterocycles. The maximum atomic E-state index is 13.1. The van der Waals surface area contributed by atoms with Gasteiger partial charge in [0.1, 0.15) is 12.7 Å². The van der Waals surface area contributed by atoms with Crippen LogP contribution in [0.2, 0.25) is 0 Å². The lowest BCUT2D eigenvalue weighted by Crippen LogP contribution is -2.38. The molecule has 1 aliphatic heterocycles. The van der Waals surface area contributed by atoms with Crippen LogP contribution < -0.4 is 0 Å². The van der Waals surface area contributed by atoms with E-state index in [1.807, 2.05) is 6.92 Å². The quantitative estimate of drug-likeness (QED) is 0.611. The fourth-order valence-electron chi connectivity index (χ4n) is 4.12. The number of morpholine rings is 1. The molecule has 2 aliphatic rings. The lowest BCUT2D eigenvalue weighted by Gasteiger charge is -2.29. The number of benzene rings is 1. The topological polar surface area (TPSA) is 73.8 Å². The van der Waals surface area contributed by atoms with Gasteiger partial charge in [-0.3, -0.25) is 4.90 Å². The first-order valence-corrected chi connectivity index (χ1v) is 11.0. The third-order valence-electron chi connectivity index (χ3n) is 5.86. The third kappa shape index (κ3) is 6.00. The first-order chi connectivity index (χ1) is 15.8. The van der Waals surface area contributed by atoms with E-state index in [0.717, 1.165) is 25.2 Å². The molecule has 1 fully saturated rings. The van der Waals surface area contributed by atoms with E-state index in [-0.39, 0.29) is 12.5 Å². The standard InChI is InChI=1S/C23H26F3N3O4/c1-15-11-20-18(14-19(27-28-20)16-3-2-4-17(13-16)23(24,25)26)21(12-15)33-22(30)32-10-7-29-5-8-31-9-6-29/h2-4,13-15,21H,5-12H2,1H3. The molecule has 178 valence electrons. The highest BCUT2D eigenvalue weighted by molar-refractivity contribution is 5.63. The molecule has 7 nitrogen and oxygen atoms in total. The summed E-state index contributed by atoms with van der Waals surface area (Å²) < 4.78 is 55.5. The minimum Gasteiger partial charge on any atom is -0.433 e. The van der Waals surface area contributed by atoms with Crippen molar-refractivity contribution in [3.8, 4) is 11.3 Å². The first kappa shape index (κ1) is 23.4. The summed E-state index contributed by atoms with van der Waals surface area (Å²) in [5, 5.41) is 8.37. The van der Waals surface area contributed by atoms with Gasteiger partial charge in [-0.2, -0.15) is 23.4 Å². The molecule has 2 atom stereocenters. The maximum Gasteiger partial charge on any atom is 0.508 e.